The first-order valence-electron chi connectivity index (χ1n) is 5.17. The average Bonchev–Trinajstić information content (AvgIpc) is 2.35. The molecule has 0 saturated carbocycles. The van der Waals surface area contributed by atoms with Crippen LogP contribution in [0.5, 0.6) is 0 Å². The van der Waals surface area contributed by atoms with Crippen molar-refractivity contribution in [1.29, 1.82) is 0 Å². The van der Waals surface area contributed by atoms with Crippen molar-refractivity contribution in [1.82, 2.24) is 9.80 Å². The predicted molar refractivity (Wildman–Crippen MR) is 59.8 cm³/mol. The lowest BCUT2D eigenvalue weighted by molar-refractivity contribution is -0.132. The summed E-state index contributed by atoms with van der Waals surface area (Å²) < 4.78 is 5.44. The number of carboxylic acid groups (broad SMARTS) is 1. The normalized spacial score (nSPS) is 20.8. The molecule has 0 bridgehead atoms. The summed E-state index contributed by atoms with van der Waals surface area (Å²) >= 11 is 0. The van der Waals surface area contributed by atoms with Crippen LogP contribution in [0.1, 0.15) is 0 Å². The molecule has 0 radical (unpaired) electrons. The van der Waals surface area contributed by atoms with Gasteiger partial charge in [0.1, 0.15) is 6.61 Å². The summed E-state index contributed by atoms with van der Waals surface area (Å²) in [5.41, 5.74) is 1.15. The molecule has 3 aliphatic heterocycles. The molecule has 3 heterocycles. The number of rotatable bonds is 1. The molecule has 0 aromatic carbocycles. The zero-order chi connectivity index (χ0) is 11.8. The molecule has 0 aromatic rings. The molecular weight excluding hydrogens is 220 g/mol. The lowest BCUT2D eigenvalue weighted by Crippen LogP contribution is -2.28. The van der Waals surface area contributed by atoms with Gasteiger partial charge < -0.3 is 14.7 Å². The second-order valence-corrected chi connectivity index (χ2v) is 3.75. The number of hydrogen-bond acceptors (Lipinski definition) is 4. The molecule has 17 heavy (non-hydrogen) atoms. The molecule has 0 spiro atoms. The Morgan fingerprint density at radius 2 is 2.12 bits per heavy atom. The van der Waals surface area contributed by atoms with Crippen molar-refractivity contribution >= 4 is 5.97 Å². The molecule has 5 nitrogen and oxygen atoms in total. The van der Waals surface area contributed by atoms with E-state index in [1.54, 1.807) is 29.5 Å². The van der Waals surface area contributed by atoms with Crippen LogP contribution in [-0.2, 0) is 9.53 Å². The van der Waals surface area contributed by atoms with E-state index < -0.39 is 5.97 Å². The van der Waals surface area contributed by atoms with Gasteiger partial charge in [0.15, 0.2) is 0 Å². The Balaban J connectivity index is 1.97. The average molecular weight is 230 g/mol. The molecule has 0 atom stereocenters. The van der Waals surface area contributed by atoms with Gasteiger partial charge >= 0.3 is 5.97 Å². The van der Waals surface area contributed by atoms with Crippen molar-refractivity contribution in [2.24, 2.45) is 0 Å². The maximum atomic E-state index is 10.9. The van der Waals surface area contributed by atoms with Gasteiger partial charge in [-0.2, -0.15) is 0 Å². The van der Waals surface area contributed by atoms with Crippen molar-refractivity contribution in [2.75, 3.05) is 6.61 Å². The Kier molecular flexibility index (Phi) is 2.04. The van der Waals surface area contributed by atoms with Crippen LogP contribution in [0.25, 0.3) is 0 Å². The van der Waals surface area contributed by atoms with Crippen LogP contribution in [0, 0.1) is 0 Å². The van der Waals surface area contributed by atoms with Crippen LogP contribution in [0.2, 0.25) is 0 Å². The molecule has 0 saturated heterocycles. The number of fused-ring (bicyclic) bond motifs is 2. The highest BCUT2D eigenvalue weighted by Gasteiger charge is 2.22. The summed E-state index contributed by atoms with van der Waals surface area (Å²) in [4.78, 5) is 14.5. The van der Waals surface area contributed by atoms with Crippen LogP contribution >= 0.6 is 0 Å². The van der Waals surface area contributed by atoms with E-state index in [2.05, 4.69) is 0 Å². The van der Waals surface area contributed by atoms with Gasteiger partial charge in [-0.25, -0.2) is 4.79 Å². The highest BCUT2D eigenvalue weighted by Crippen LogP contribution is 2.27. The minimum atomic E-state index is -0.939. The van der Waals surface area contributed by atoms with E-state index >= 15 is 0 Å². The number of hydrogen-bond donors (Lipinski definition) is 1. The third-order valence-electron chi connectivity index (χ3n) is 2.63. The summed E-state index contributed by atoms with van der Waals surface area (Å²) in [6.45, 7) is 0.532. The molecule has 86 valence electrons. The second kappa shape index (κ2) is 3.55. The highest BCUT2D eigenvalue weighted by atomic mass is 16.5. The summed E-state index contributed by atoms with van der Waals surface area (Å²) in [6.07, 6.45) is 12.4. The summed E-state index contributed by atoms with van der Waals surface area (Å²) in [6, 6.07) is 0. The topological polar surface area (TPSA) is 53.0 Å². The summed E-state index contributed by atoms with van der Waals surface area (Å²) in [5.74, 6) is -0.252. The largest absolute Gasteiger partial charge is 0.478 e. The standard InChI is InChI=1S/C12H10N2O3/c15-12(16)9-2-3-10-7-13-4-1-5-17-11(13)8-14(10)6-9/h1-4,6-8H,5H2,(H,15,16). The minimum Gasteiger partial charge on any atom is -0.478 e. The second-order valence-electron chi connectivity index (χ2n) is 3.75. The fraction of sp³-hybridized carbons (Fsp3) is 0.0833. The number of ether oxygens (including phenoxy) is 1. The van der Waals surface area contributed by atoms with Gasteiger partial charge in [-0.15, -0.1) is 0 Å². The minimum absolute atomic E-state index is 0.249. The fourth-order valence-electron chi connectivity index (χ4n) is 1.79. The molecule has 0 fully saturated rings. The highest BCUT2D eigenvalue weighted by molar-refractivity contribution is 5.90. The molecular formula is C12H10N2O3. The Labute approximate surface area is 97.9 Å². The number of allylic oxidation sites excluding steroid dienone is 1. The van der Waals surface area contributed by atoms with Gasteiger partial charge in [0, 0.05) is 18.6 Å². The van der Waals surface area contributed by atoms with Crippen LogP contribution in [0.4, 0.5) is 0 Å². The smallest absolute Gasteiger partial charge is 0.337 e. The van der Waals surface area contributed by atoms with E-state index in [4.69, 9.17) is 9.84 Å². The molecule has 5 heteroatoms. The quantitative estimate of drug-likeness (QED) is 0.736. The van der Waals surface area contributed by atoms with Crippen molar-refractivity contribution in [3.05, 3.63) is 60.2 Å². The van der Waals surface area contributed by atoms with Gasteiger partial charge in [-0.1, -0.05) is 0 Å². The monoisotopic (exact) mass is 230 g/mol. The molecule has 0 aliphatic carbocycles. The van der Waals surface area contributed by atoms with Gasteiger partial charge in [-0.3, -0.25) is 4.90 Å². The SMILES string of the molecule is O=C(O)C1=CN2C=C3OCC=CN3C=C2C=C1. The third kappa shape index (κ3) is 1.61. The number of nitrogens with zero attached hydrogens (tertiary/aromatic N) is 2. The molecule has 0 unspecified atom stereocenters. The molecule has 3 rings (SSSR count). The first kappa shape index (κ1) is 9.77. The Hall–Kier alpha value is -2.43. The predicted octanol–water partition coefficient (Wildman–Crippen LogP) is 1.33. The number of aliphatic carboxylic acids is 1. The van der Waals surface area contributed by atoms with E-state index in [0.717, 1.165) is 5.70 Å². The molecule has 0 amide bonds. The zero-order valence-electron chi connectivity index (χ0n) is 8.91. The van der Waals surface area contributed by atoms with Gasteiger partial charge in [0.05, 0.1) is 17.5 Å². The first-order chi connectivity index (χ1) is 8.24. The van der Waals surface area contributed by atoms with Crippen LogP contribution < -0.4 is 0 Å². The fourth-order valence-corrected chi connectivity index (χ4v) is 1.79. The van der Waals surface area contributed by atoms with E-state index in [1.807, 2.05) is 23.4 Å². The van der Waals surface area contributed by atoms with Crippen molar-refractivity contribution in [3.63, 3.8) is 0 Å². The maximum absolute atomic E-state index is 10.9. The number of carbonyl (C=O) groups is 1. The summed E-state index contributed by atoms with van der Waals surface area (Å²) in [7, 11) is 0. The van der Waals surface area contributed by atoms with Crippen molar-refractivity contribution in [2.45, 2.75) is 0 Å². The maximum Gasteiger partial charge on any atom is 0.337 e. The number of carboxylic acids is 1. The van der Waals surface area contributed by atoms with Gasteiger partial charge in [-0.05, 0) is 18.2 Å². The van der Waals surface area contributed by atoms with E-state index in [9.17, 15) is 4.79 Å². The Morgan fingerprint density at radius 3 is 2.94 bits per heavy atom. The first-order valence-corrected chi connectivity index (χ1v) is 5.17. The van der Waals surface area contributed by atoms with Crippen molar-refractivity contribution in [3.8, 4) is 0 Å². The Bertz CT molecular complexity index is 526. The van der Waals surface area contributed by atoms with Crippen LogP contribution in [-0.4, -0.2) is 27.5 Å². The molecule has 3 aliphatic rings. The van der Waals surface area contributed by atoms with E-state index in [-0.39, 0.29) is 5.57 Å². The Morgan fingerprint density at radius 1 is 1.24 bits per heavy atom. The third-order valence-corrected chi connectivity index (χ3v) is 2.63. The van der Waals surface area contributed by atoms with Crippen LogP contribution in [0.3, 0.4) is 0 Å². The van der Waals surface area contributed by atoms with E-state index in [0.29, 0.717) is 12.5 Å². The van der Waals surface area contributed by atoms with Gasteiger partial charge in [0.25, 0.3) is 0 Å². The van der Waals surface area contributed by atoms with Crippen molar-refractivity contribution < 1.29 is 14.6 Å². The van der Waals surface area contributed by atoms with Crippen LogP contribution in [0.15, 0.2) is 60.2 Å². The van der Waals surface area contributed by atoms with Gasteiger partial charge in [0.2, 0.25) is 5.88 Å². The van der Waals surface area contributed by atoms with E-state index in [1.165, 1.54) is 0 Å². The summed E-state index contributed by atoms with van der Waals surface area (Å²) in [5, 5.41) is 8.92. The zero-order valence-corrected chi connectivity index (χ0v) is 8.91. The lowest BCUT2D eigenvalue weighted by atomic mass is 10.1. The lowest BCUT2D eigenvalue weighted by Gasteiger charge is -2.33. The molecule has 0 aromatic heterocycles. The molecule has 1 N–H and O–H groups in total.